The van der Waals surface area contributed by atoms with Crippen molar-refractivity contribution in [1.29, 1.82) is 0 Å². The molecular weight excluding hydrogens is 238 g/mol. The minimum absolute atomic E-state index is 0.473. The molecule has 0 saturated carbocycles. The Balaban J connectivity index is 2.18. The highest BCUT2D eigenvalue weighted by molar-refractivity contribution is 7.87. The van der Waals surface area contributed by atoms with Gasteiger partial charge in [0.15, 0.2) is 0 Å². The van der Waals surface area contributed by atoms with Gasteiger partial charge in [0.05, 0.1) is 0 Å². The maximum absolute atomic E-state index is 11.4. The van der Waals surface area contributed by atoms with Gasteiger partial charge in [-0.15, -0.1) is 0 Å². The van der Waals surface area contributed by atoms with Crippen LogP contribution in [0.1, 0.15) is 18.4 Å². The Kier molecular flexibility index (Phi) is 5.54. The quantitative estimate of drug-likeness (QED) is 0.735. The van der Waals surface area contributed by atoms with Gasteiger partial charge < -0.3 is 0 Å². The van der Waals surface area contributed by atoms with Crippen LogP contribution in [-0.2, 0) is 16.6 Å². The molecule has 0 fully saturated rings. The van der Waals surface area contributed by atoms with E-state index in [0.29, 0.717) is 6.54 Å². The molecule has 0 aliphatic rings. The first-order chi connectivity index (χ1) is 8.02. The Labute approximate surface area is 103 Å². The molecule has 1 heterocycles. The number of aryl methyl sites for hydroxylation is 1. The lowest BCUT2D eigenvalue weighted by atomic mass is 10.1. The second kappa shape index (κ2) is 6.68. The van der Waals surface area contributed by atoms with Gasteiger partial charge >= 0.3 is 0 Å². The van der Waals surface area contributed by atoms with Crippen LogP contribution in [0.3, 0.4) is 0 Å². The number of aromatic nitrogens is 1. The zero-order valence-corrected chi connectivity index (χ0v) is 11.1. The maximum Gasteiger partial charge on any atom is 0.278 e. The van der Waals surface area contributed by atoms with Crippen LogP contribution in [0.25, 0.3) is 0 Å². The normalized spacial score (nSPS) is 11.9. The average molecular weight is 257 g/mol. The molecule has 0 spiro atoms. The lowest BCUT2D eigenvalue weighted by Crippen LogP contribution is -2.36. The SMILES string of the molecule is CN(C)S(=O)(=O)NCCCCc1cccnc1. The highest BCUT2D eigenvalue weighted by Crippen LogP contribution is 2.02. The van der Waals surface area contributed by atoms with Crippen molar-refractivity contribution in [2.75, 3.05) is 20.6 Å². The van der Waals surface area contributed by atoms with Gasteiger partial charge in [-0.05, 0) is 30.9 Å². The van der Waals surface area contributed by atoms with Gasteiger partial charge in [-0.2, -0.15) is 12.7 Å². The maximum atomic E-state index is 11.4. The van der Waals surface area contributed by atoms with Crippen LogP contribution >= 0.6 is 0 Å². The number of rotatable bonds is 7. The molecule has 0 aromatic carbocycles. The molecule has 1 rings (SSSR count). The van der Waals surface area contributed by atoms with Crippen LogP contribution in [0.4, 0.5) is 0 Å². The van der Waals surface area contributed by atoms with Crippen LogP contribution in [0.5, 0.6) is 0 Å². The van der Waals surface area contributed by atoms with E-state index in [0.717, 1.165) is 19.3 Å². The minimum Gasteiger partial charge on any atom is -0.264 e. The van der Waals surface area contributed by atoms with Crippen molar-refractivity contribution >= 4 is 10.2 Å². The van der Waals surface area contributed by atoms with E-state index in [4.69, 9.17) is 0 Å². The molecule has 0 amide bonds. The van der Waals surface area contributed by atoms with E-state index in [1.807, 2.05) is 18.3 Å². The number of pyridine rings is 1. The Bertz CT molecular complexity index is 418. The van der Waals surface area contributed by atoms with Crippen molar-refractivity contribution in [2.24, 2.45) is 0 Å². The molecule has 1 N–H and O–H groups in total. The third-order valence-corrected chi connectivity index (χ3v) is 3.91. The summed E-state index contributed by atoms with van der Waals surface area (Å²) in [6, 6.07) is 3.93. The lowest BCUT2D eigenvalue weighted by molar-refractivity contribution is 0.503. The Morgan fingerprint density at radius 1 is 1.35 bits per heavy atom. The summed E-state index contributed by atoms with van der Waals surface area (Å²) in [6.07, 6.45) is 6.28. The summed E-state index contributed by atoms with van der Waals surface area (Å²) >= 11 is 0. The lowest BCUT2D eigenvalue weighted by Gasteiger charge is -2.11. The molecule has 1 aromatic rings. The highest BCUT2D eigenvalue weighted by Gasteiger charge is 2.10. The summed E-state index contributed by atoms with van der Waals surface area (Å²) in [7, 11) is -0.249. The molecule has 0 radical (unpaired) electrons. The van der Waals surface area contributed by atoms with Gasteiger partial charge in [0.1, 0.15) is 0 Å². The van der Waals surface area contributed by atoms with Crippen LogP contribution in [-0.4, -0.2) is 38.3 Å². The molecule has 0 atom stereocenters. The summed E-state index contributed by atoms with van der Waals surface area (Å²) < 4.78 is 26.4. The molecule has 0 saturated heterocycles. The van der Waals surface area contributed by atoms with Gasteiger partial charge in [0, 0.05) is 33.0 Å². The summed E-state index contributed by atoms with van der Waals surface area (Å²) in [4.78, 5) is 4.03. The molecule has 0 unspecified atom stereocenters. The molecule has 0 aliphatic heterocycles. The number of unbranched alkanes of at least 4 members (excludes halogenated alkanes) is 1. The predicted octanol–water partition coefficient (Wildman–Crippen LogP) is 0.800. The minimum atomic E-state index is -3.27. The monoisotopic (exact) mass is 257 g/mol. The zero-order chi connectivity index (χ0) is 12.7. The van der Waals surface area contributed by atoms with Crippen LogP contribution in [0.15, 0.2) is 24.5 Å². The second-order valence-electron chi connectivity index (χ2n) is 4.00. The van der Waals surface area contributed by atoms with Gasteiger partial charge in [-0.3, -0.25) is 4.98 Å². The first-order valence-electron chi connectivity index (χ1n) is 5.58. The van der Waals surface area contributed by atoms with Crippen LogP contribution in [0, 0.1) is 0 Å². The van der Waals surface area contributed by atoms with E-state index >= 15 is 0 Å². The second-order valence-corrected chi connectivity index (χ2v) is 5.97. The molecular formula is C11H19N3O2S. The van der Waals surface area contributed by atoms with E-state index in [2.05, 4.69) is 9.71 Å². The number of hydrogen-bond acceptors (Lipinski definition) is 3. The Morgan fingerprint density at radius 3 is 2.71 bits per heavy atom. The first-order valence-corrected chi connectivity index (χ1v) is 7.02. The summed E-state index contributed by atoms with van der Waals surface area (Å²) in [5.41, 5.74) is 1.18. The molecule has 5 nitrogen and oxygen atoms in total. The highest BCUT2D eigenvalue weighted by atomic mass is 32.2. The summed E-state index contributed by atoms with van der Waals surface area (Å²) in [6.45, 7) is 0.473. The molecule has 6 heteroatoms. The summed E-state index contributed by atoms with van der Waals surface area (Å²) in [5, 5.41) is 0. The molecule has 0 bridgehead atoms. The van der Waals surface area contributed by atoms with Crippen molar-refractivity contribution in [3.8, 4) is 0 Å². The van der Waals surface area contributed by atoms with Crippen LogP contribution in [0.2, 0.25) is 0 Å². The summed E-state index contributed by atoms with van der Waals surface area (Å²) in [5.74, 6) is 0. The Morgan fingerprint density at radius 2 is 2.12 bits per heavy atom. The van der Waals surface area contributed by atoms with Gasteiger partial charge in [-0.25, -0.2) is 4.72 Å². The smallest absolute Gasteiger partial charge is 0.264 e. The fourth-order valence-corrected chi connectivity index (χ4v) is 1.99. The van der Waals surface area contributed by atoms with E-state index in [1.165, 1.54) is 24.0 Å². The predicted molar refractivity (Wildman–Crippen MR) is 67.8 cm³/mol. The standard InChI is InChI=1S/C11H19N3O2S/c1-14(2)17(15,16)13-9-4-3-6-11-7-5-8-12-10-11/h5,7-8,10,13H,3-4,6,9H2,1-2H3. The number of nitrogens with zero attached hydrogens (tertiary/aromatic N) is 2. The van der Waals surface area contributed by atoms with Crippen molar-refractivity contribution in [2.45, 2.75) is 19.3 Å². The third-order valence-electron chi connectivity index (χ3n) is 2.38. The van der Waals surface area contributed by atoms with Crippen molar-refractivity contribution in [3.05, 3.63) is 30.1 Å². The Hall–Kier alpha value is -0.980. The average Bonchev–Trinajstić information content (AvgIpc) is 2.29. The first kappa shape index (κ1) is 14.1. The number of nitrogens with one attached hydrogen (secondary N) is 1. The van der Waals surface area contributed by atoms with Gasteiger partial charge in [-0.1, -0.05) is 6.07 Å². The fourth-order valence-electron chi connectivity index (χ4n) is 1.33. The zero-order valence-electron chi connectivity index (χ0n) is 10.3. The van der Waals surface area contributed by atoms with Crippen molar-refractivity contribution < 1.29 is 8.42 Å². The van der Waals surface area contributed by atoms with Gasteiger partial charge in [0.2, 0.25) is 0 Å². The topological polar surface area (TPSA) is 62.3 Å². The van der Waals surface area contributed by atoms with E-state index in [1.54, 1.807) is 6.20 Å². The molecule has 96 valence electrons. The molecule has 17 heavy (non-hydrogen) atoms. The fraction of sp³-hybridized carbons (Fsp3) is 0.545. The van der Waals surface area contributed by atoms with E-state index in [9.17, 15) is 8.42 Å². The number of hydrogen-bond donors (Lipinski definition) is 1. The van der Waals surface area contributed by atoms with Crippen LogP contribution < -0.4 is 4.72 Å². The third kappa shape index (κ3) is 5.25. The molecule has 1 aromatic heterocycles. The largest absolute Gasteiger partial charge is 0.278 e. The van der Waals surface area contributed by atoms with E-state index < -0.39 is 10.2 Å². The van der Waals surface area contributed by atoms with Crippen molar-refractivity contribution in [1.82, 2.24) is 14.0 Å². The van der Waals surface area contributed by atoms with Crippen molar-refractivity contribution in [3.63, 3.8) is 0 Å². The molecule has 0 aliphatic carbocycles. The van der Waals surface area contributed by atoms with E-state index in [-0.39, 0.29) is 0 Å². The van der Waals surface area contributed by atoms with Gasteiger partial charge in [0.25, 0.3) is 10.2 Å².